The SMILES string of the molecule is CN[C@@H](C)c1nc(N2CCOCC2)nn1-c1ccc(C#N)cn1. The van der Waals surface area contributed by atoms with Gasteiger partial charge in [0, 0.05) is 19.3 Å². The number of nitriles is 1. The third-order valence-corrected chi connectivity index (χ3v) is 3.83. The maximum absolute atomic E-state index is 8.90. The zero-order chi connectivity index (χ0) is 16.2. The van der Waals surface area contributed by atoms with E-state index in [4.69, 9.17) is 10.00 Å². The van der Waals surface area contributed by atoms with Crippen LogP contribution in [-0.2, 0) is 4.74 Å². The molecule has 2 aromatic heterocycles. The van der Waals surface area contributed by atoms with Crippen molar-refractivity contribution in [3.8, 4) is 11.9 Å². The number of pyridine rings is 1. The van der Waals surface area contributed by atoms with E-state index in [1.165, 1.54) is 0 Å². The monoisotopic (exact) mass is 313 g/mol. The number of nitrogens with zero attached hydrogens (tertiary/aromatic N) is 6. The first-order chi connectivity index (χ1) is 11.2. The predicted octanol–water partition coefficient (Wildman–Crippen LogP) is 0.651. The van der Waals surface area contributed by atoms with Gasteiger partial charge >= 0.3 is 0 Å². The fraction of sp³-hybridized carbons (Fsp3) is 0.467. The lowest BCUT2D eigenvalue weighted by Gasteiger charge is -2.25. The van der Waals surface area contributed by atoms with Gasteiger partial charge in [-0.25, -0.2) is 4.98 Å². The molecule has 23 heavy (non-hydrogen) atoms. The molecule has 1 saturated heterocycles. The third kappa shape index (κ3) is 3.16. The number of hydrogen-bond acceptors (Lipinski definition) is 7. The highest BCUT2D eigenvalue weighted by atomic mass is 16.5. The Labute approximate surface area is 134 Å². The highest BCUT2D eigenvalue weighted by Gasteiger charge is 2.22. The minimum atomic E-state index is 0.0229. The van der Waals surface area contributed by atoms with Crippen LogP contribution in [0.4, 0.5) is 5.95 Å². The normalized spacial score (nSPS) is 16.1. The maximum atomic E-state index is 8.90. The van der Waals surface area contributed by atoms with Crippen LogP contribution in [0.15, 0.2) is 18.3 Å². The molecule has 0 saturated carbocycles. The van der Waals surface area contributed by atoms with Crippen molar-refractivity contribution < 1.29 is 4.74 Å². The summed E-state index contributed by atoms with van der Waals surface area (Å²) in [6, 6.07) is 5.60. The van der Waals surface area contributed by atoms with E-state index in [2.05, 4.69) is 31.4 Å². The van der Waals surface area contributed by atoms with Gasteiger partial charge in [0.2, 0.25) is 5.95 Å². The number of anilines is 1. The van der Waals surface area contributed by atoms with Gasteiger partial charge in [-0.1, -0.05) is 0 Å². The number of aromatic nitrogens is 4. The summed E-state index contributed by atoms with van der Waals surface area (Å²) in [5.41, 5.74) is 0.519. The van der Waals surface area contributed by atoms with E-state index in [1.807, 2.05) is 14.0 Å². The van der Waals surface area contributed by atoms with Gasteiger partial charge in [-0.3, -0.25) is 0 Å². The molecule has 3 rings (SSSR count). The Kier molecular flexibility index (Phi) is 4.50. The smallest absolute Gasteiger partial charge is 0.245 e. The van der Waals surface area contributed by atoms with E-state index < -0.39 is 0 Å². The van der Waals surface area contributed by atoms with Gasteiger partial charge in [0.15, 0.2) is 11.6 Å². The van der Waals surface area contributed by atoms with Crippen LogP contribution in [0.3, 0.4) is 0 Å². The molecule has 1 aliphatic heterocycles. The molecule has 0 unspecified atom stereocenters. The molecule has 120 valence electrons. The van der Waals surface area contributed by atoms with E-state index in [0.717, 1.165) is 18.9 Å². The highest BCUT2D eigenvalue weighted by Crippen LogP contribution is 2.19. The van der Waals surface area contributed by atoms with Crippen molar-refractivity contribution in [2.45, 2.75) is 13.0 Å². The van der Waals surface area contributed by atoms with E-state index in [9.17, 15) is 0 Å². The van der Waals surface area contributed by atoms with E-state index in [-0.39, 0.29) is 6.04 Å². The summed E-state index contributed by atoms with van der Waals surface area (Å²) < 4.78 is 7.11. The Morgan fingerprint density at radius 3 is 2.74 bits per heavy atom. The number of nitrogens with one attached hydrogen (secondary N) is 1. The van der Waals surface area contributed by atoms with Crippen molar-refractivity contribution in [1.82, 2.24) is 25.1 Å². The van der Waals surface area contributed by atoms with E-state index in [1.54, 1.807) is 23.0 Å². The average molecular weight is 313 g/mol. The molecule has 0 aliphatic carbocycles. The summed E-state index contributed by atoms with van der Waals surface area (Å²) in [6.07, 6.45) is 1.54. The molecule has 1 fully saturated rings. The number of morpholine rings is 1. The van der Waals surface area contributed by atoms with Crippen molar-refractivity contribution >= 4 is 5.95 Å². The van der Waals surface area contributed by atoms with Crippen molar-refractivity contribution in [2.24, 2.45) is 0 Å². The van der Waals surface area contributed by atoms with Crippen LogP contribution < -0.4 is 10.2 Å². The fourth-order valence-electron chi connectivity index (χ4n) is 2.37. The summed E-state index contributed by atoms with van der Waals surface area (Å²) in [5.74, 6) is 2.11. The average Bonchev–Trinajstić information content (AvgIpc) is 3.07. The fourth-order valence-corrected chi connectivity index (χ4v) is 2.37. The van der Waals surface area contributed by atoms with Gasteiger partial charge in [-0.05, 0) is 26.1 Å². The molecule has 1 N–H and O–H groups in total. The summed E-state index contributed by atoms with van der Waals surface area (Å²) in [4.78, 5) is 11.1. The molecule has 0 spiro atoms. The lowest BCUT2D eigenvalue weighted by atomic mass is 10.3. The van der Waals surface area contributed by atoms with E-state index >= 15 is 0 Å². The largest absolute Gasteiger partial charge is 0.378 e. The van der Waals surface area contributed by atoms with Gasteiger partial charge in [-0.2, -0.15) is 14.9 Å². The molecule has 8 nitrogen and oxygen atoms in total. The number of hydrogen-bond donors (Lipinski definition) is 1. The van der Waals surface area contributed by atoms with Crippen LogP contribution in [0.2, 0.25) is 0 Å². The molecule has 0 amide bonds. The Balaban J connectivity index is 1.99. The minimum absolute atomic E-state index is 0.0229. The van der Waals surface area contributed by atoms with Crippen LogP contribution in [-0.4, -0.2) is 53.1 Å². The second-order valence-electron chi connectivity index (χ2n) is 5.31. The molecule has 0 radical (unpaired) electrons. The van der Waals surface area contributed by atoms with Crippen molar-refractivity contribution in [2.75, 3.05) is 38.3 Å². The number of rotatable bonds is 4. The van der Waals surface area contributed by atoms with Crippen LogP contribution in [0.25, 0.3) is 5.82 Å². The van der Waals surface area contributed by atoms with Crippen LogP contribution in [0.5, 0.6) is 0 Å². The Morgan fingerprint density at radius 2 is 2.13 bits per heavy atom. The quantitative estimate of drug-likeness (QED) is 0.886. The van der Waals surface area contributed by atoms with Gasteiger partial charge in [0.1, 0.15) is 6.07 Å². The van der Waals surface area contributed by atoms with Crippen molar-refractivity contribution in [3.05, 3.63) is 29.7 Å². The molecule has 3 heterocycles. The topological polar surface area (TPSA) is 91.9 Å². The first kappa shape index (κ1) is 15.4. The van der Waals surface area contributed by atoms with Crippen LogP contribution in [0.1, 0.15) is 24.4 Å². The molecule has 2 aromatic rings. The second kappa shape index (κ2) is 6.73. The standard InChI is InChI=1S/C15H19N7O/c1-11(17-2)14-19-15(21-5-7-23-8-6-21)20-22(14)13-4-3-12(9-16)10-18-13/h3-4,10-11,17H,5-8H2,1-2H3/t11-/m0/s1. The van der Waals surface area contributed by atoms with Gasteiger partial charge in [0.05, 0.1) is 24.8 Å². The Hall–Kier alpha value is -2.50. The van der Waals surface area contributed by atoms with Gasteiger partial charge < -0.3 is 15.0 Å². The maximum Gasteiger partial charge on any atom is 0.245 e. The highest BCUT2D eigenvalue weighted by molar-refractivity contribution is 5.36. The second-order valence-corrected chi connectivity index (χ2v) is 5.31. The summed E-state index contributed by atoms with van der Waals surface area (Å²) in [7, 11) is 1.88. The summed E-state index contributed by atoms with van der Waals surface area (Å²) >= 11 is 0. The third-order valence-electron chi connectivity index (χ3n) is 3.83. The summed E-state index contributed by atoms with van der Waals surface area (Å²) in [5, 5.41) is 16.7. The zero-order valence-corrected chi connectivity index (χ0v) is 13.2. The number of ether oxygens (including phenoxy) is 1. The lowest BCUT2D eigenvalue weighted by Crippen LogP contribution is -2.37. The molecule has 0 bridgehead atoms. The van der Waals surface area contributed by atoms with Crippen LogP contribution >= 0.6 is 0 Å². The minimum Gasteiger partial charge on any atom is -0.378 e. The van der Waals surface area contributed by atoms with Crippen LogP contribution in [0, 0.1) is 11.3 Å². The molecule has 0 aromatic carbocycles. The molecule has 1 atom stereocenters. The van der Waals surface area contributed by atoms with Crippen molar-refractivity contribution in [3.63, 3.8) is 0 Å². The lowest BCUT2D eigenvalue weighted by molar-refractivity contribution is 0.122. The molecular formula is C15H19N7O. The van der Waals surface area contributed by atoms with E-state index in [0.29, 0.717) is 30.5 Å². The Morgan fingerprint density at radius 1 is 1.35 bits per heavy atom. The van der Waals surface area contributed by atoms with Gasteiger partial charge in [-0.15, -0.1) is 5.10 Å². The first-order valence-electron chi connectivity index (χ1n) is 7.56. The Bertz CT molecular complexity index is 698. The summed E-state index contributed by atoms with van der Waals surface area (Å²) in [6.45, 7) is 4.94. The van der Waals surface area contributed by atoms with Gasteiger partial charge in [0.25, 0.3) is 0 Å². The predicted molar refractivity (Wildman–Crippen MR) is 84.4 cm³/mol. The zero-order valence-electron chi connectivity index (χ0n) is 13.2. The molecular weight excluding hydrogens is 294 g/mol. The molecule has 8 heteroatoms. The molecule has 1 aliphatic rings. The van der Waals surface area contributed by atoms with Crippen molar-refractivity contribution in [1.29, 1.82) is 5.26 Å². The first-order valence-corrected chi connectivity index (χ1v) is 7.56.